The van der Waals surface area contributed by atoms with Gasteiger partial charge in [0.2, 0.25) is 5.90 Å². The summed E-state index contributed by atoms with van der Waals surface area (Å²) in [6.45, 7) is 1.45. The van der Waals surface area contributed by atoms with Crippen molar-refractivity contribution < 1.29 is 14.2 Å². The van der Waals surface area contributed by atoms with Crippen molar-refractivity contribution in [2.24, 2.45) is 10.1 Å². The lowest BCUT2D eigenvalue weighted by atomic mass is 10.1. The molecular formula is C24H23ClN6O3. The molecule has 0 bridgehead atoms. The number of hydrazone groups is 1. The Hall–Kier alpha value is -3.56. The molecule has 34 heavy (non-hydrogen) atoms. The minimum atomic E-state index is -0.160. The average molecular weight is 479 g/mol. The summed E-state index contributed by atoms with van der Waals surface area (Å²) in [5.74, 6) is 2.13. The molecular weight excluding hydrogens is 456 g/mol. The molecule has 3 aliphatic rings. The van der Waals surface area contributed by atoms with Crippen molar-refractivity contribution in [3.05, 3.63) is 76.3 Å². The van der Waals surface area contributed by atoms with Crippen molar-refractivity contribution in [3.8, 4) is 11.4 Å². The zero-order valence-electron chi connectivity index (χ0n) is 18.7. The van der Waals surface area contributed by atoms with Crippen LogP contribution in [0.4, 0.5) is 0 Å². The molecule has 6 rings (SSSR count). The van der Waals surface area contributed by atoms with Crippen molar-refractivity contribution in [2.45, 2.75) is 18.8 Å². The molecule has 1 N–H and O–H groups in total. The Kier molecular flexibility index (Phi) is 5.15. The number of aliphatic imine (C=N–C) groups is 1. The van der Waals surface area contributed by atoms with Crippen LogP contribution in [0.5, 0.6) is 5.75 Å². The third-order valence-electron chi connectivity index (χ3n) is 6.29. The topological polar surface area (TPSA) is 85.5 Å². The summed E-state index contributed by atoms with van der Waals surface area (Å²) in [6.07, 6.45) is 1.69. The highest BCUT2D eigenvalue weighted by Crippen LogP contribution is 2.35. The first-order chi connectivity index (χ1) is 16.7. The summed E-state index contributed by atoms with van der Waals surface area (Å²) >= 11 is 6.36. The normalized spacial score (nSPS) is 20.4. The molecule has 10 heteroatoms. The van der Waals surface area contributed by atoms with Crippen molar-refractivity contribution >= 4 is 23.3 Å². The number of rotatable bonds is 5. The summed E-state index contributed by atoms with van der Waals surface area (Å²) < 4.78 is 19.1. The number of methoxy groups -OCH3 is 2. The Morgan fingerprint density at radius 2 is 2.09 bits per heavy atom. The maximum absolute atomic E-state index is 6.36. The first-order valence-corrected chi connectivity index (χ1v) is 11.3. The van der Waals surface area contributed by atoms with Gasteiger partial charge in [0.05, 0.1) is 31.6 Å². The molecule has 3 aliphatic heterocycles. The summed E-state index contributed by atoms with van der Waals surface area (Å²) in [5, 5.41) is 5.25. The van der Waals surface area contributed by atoms with Gasteiger partial charge in [-0.3, -0.25) is 9.99 Å². The summed E-state index contributed by atoms with van der Waals surface area (Å²) in [7, 11) is 3.34. The van der Waals surface area contributed by atoms with Crippen LogP contribution < -0.4 is 10.2 Å². The van der Waals surface area contributed by atoms with Crippen molar-refractivity contribution in [3.63, 3.8) is 0 Å². The number of nitrogens with zero attached hydrogens (tertiary/aromatic N) is 5. The van der Waals surface area contributed by atoms with Crippen LogP contribution in [0, 0.1) is 0 Å². The van der Waals surface area contributed by atoms with Crippen LogP contribution in [-0.2, 0) is 16.0 Å². The van der Waals surface area contributed by atoms with E-state index in [4.69, 9.17) is 35.8 Å². The van der Waals surface area contributed by atoms with Gasteiger partial charge in [0.15, 0.2) is 5.84 Å². The summed E-state index contributed by atoms with van der Waals surface area (Å²) in [5.41, 5.74) is 7.70. The number of benzene rings is 2. The average Bonchev–Trinajstić information content (AvgIpc) is 3.57. The second-order valence-electron chi connectivity index (χ2n) is 8.24. The van der Waals surface area contributed by atoms with Crippen LogP contribution in [-0.4, -0.2) is 59.8 Å². The number of hydrogen-bond donors (Lipinski definition) is 1. The molecule has 0 saturated carbocycles. The van der Waals surface area contributed by atoms with Crippen LogP contribution >= 0.6 is 11.6 Å². The van der Waals surface area contributed by atoms with Crippen LogP contribution in [0.25, 0.3) is 5.69 Å². The van der Waals surface area contributed by atoms with Crippen molar-refractivity contribution in [1.82, 2.24) is 19.9 Å². The second-order valence-corrected chi connectivity index (χ2v) is 8.67. The van der Waals surface area contributed by atoms with Crippen molar-refractivity contribution in [2.75, 3.05) is 27.4 Å². The maximum Gasteiger partial charge on any atom is 0.238 e. The monoisotopic (exact) mass is 478 g/mol. The number of aromatic nitrogens is 2. The largest absolute Gasteiger partial charge is 0.496 e. The fourth-order valence-corrected chi connectivity index (χ4v) is 4.85. The van der Waals surface area contributed by atoms with E-state index in [0.29, 0.717) is 36.4 Å². The molecule has 0 spiro atoms. The number of ether oxygens (including phenoxy) is 3. The van der Waals surface area contributed by atoms with Gasteiger partial charge < -0.3 is 19.1 Å². The summed E-state index contributed by atoms with van der Waals surface area (Å²) in [4.78, 5) is 11.8. The molecule has 2 atom stereocenters. The number of fused-ring (bicyclic) bond motifs is 5. The van der Waals surface area contributed by atoms with Gasteiger partial charge in [-0.1, -0.05) is 29.8 Å². The Morgan fingerprint density at radius 1 is 1.21 bits per heavy atom. The number of nitrogens with one attached hydrogen (secondary N) is 1. The van der Waals surface area contributed by atoms with Crippen LogP contribution in [0.2, 0.25) is 5.02 Å². The smallest absolute Gasteiger partial charge is 0.238 e. The second kappa shape index (κ2) is 8.34. The first kappa shape index (κ1) is 21.0. The van der Waals surface area contributed by atoms with Crippen LogP contribution in [0.1, 0.15) is 28.6 Å². The van der Waals surface area contributed by atoms with E-state index in [9.17, 15) is 0 Å². The number of para-hydroxylation sites is 1. The standard InChI is InChI=1S/C24H23ClN6O3/c1-32-12-21-28-29-23-16-9-14(25)7-8-18(16)31-13-26-22(19(31)10-30(21)23)24-27-17(11-34-24)15-5-3-4-6-20(15)33-2/h3-9,13,17,21,28H,10-12H2,1-2H3. The molecule has 2 aromatic carbocycles. The van der Waals surface area contributed by atoms with E-state index >= 15 is 0 Å². The molecule has 0 aliphatic carbocycles. The third kappa shape index (κ3) is 3.31. The van der Waals surface area contributed by atoms with E-state index in [0.717, 1.165) is 34.1 Å². The van der Waals surface area contributed by atoms with Crippen molar-refractivity contribution in [1.29, 1.82) is 0 Å². The molecule has 9 nitrogen and oxygen atoms in total. The molecule has 174 valence electrons. The summed E-state index contributed by atoms with van der Waals surface area (Å²) in [6, 6.07) is 13.5. The minimum absolute atomic E-state index is 0.117. The zero-order chi connectivity index (χ0) is 23.2. The van der Waals surface area contributed by atoms with E-state index in [-0.39, 0.29) is 12.2 Å². The molecule has 0 amide bonds. The molecule has 0 radical (unpaired) electrons. The maximum atomic E-state index is 6.36. The van der Waals surface area contributed by atoms with Gasteiger partial charge in [0, 0.05) is 23.3 Å². The Labute approximate surface area is 201 Å². The predicted molar refractivity (Wildman–Crippen MR) is 128 cm³/mol. The Balaban J connectivity index is 1.44. The van der Waals surface area contributed by atoms with E-state index in [1.165, 1.54) is 0 Å². The minimum Gasteiger partial charge on any atom is -0.496 e. The lowest BCUT2D eigenvalue weighted by molar-refractivity contribution is 0.118. The van der Waals surface area contributed by atoms with E-state index < -0.39 is 0 Å². The fraction of sp³-hybridized carbons (Fsp3) is 0.292. The zero-order valence-corrected chi connectivity index (χ0v) is 19.5. The molecule has 2 unspecified atom stereocenters. The highest BCUT2D eigenvalue weighted by molar-refractivity contribution is 6.31. The number of imidazole rings is 1. The van der Waals surface area contributed by atoms with Gasteiger partial charge in [-0.2, -0.15) is 5.10 Å². The van der Waals surface area contributed by atoms with Gasteiger partial charge in [-0.05, 0) is 24.3 Å². The van der Waals surface area contributed by atoms with Gasteiger partial charge in [0.1, 0.15) is 36.6 Å². The van der Waals surface area contributed by atoms with E-state index in [2.05, 4.69) is 20.0 Å². The van der Waals surface area contributed by atoms with Gasteiger partial charge in [-0.25, -0.2) is 9.98 Å². The first-order valence-electron chi connectivity index (χ1n) is 11.0. The molecule has 4 heterocycles. The fourth-order valence-electron chi connectivity index (χ4n) is 4.68. The molecule has 1 aromatic heterocycles. The Bertz CT molecular complexity index is 1320. The molecule has 0 fully saturated rings. The van der Waals surface area contributed by atoms with Crippen LogP contribution in [0.3, 0.4) is 0 Å². The highest BCUT2D eigenvalue weighted by atomic mass is 35.5. The van der Waals surface area contributed by atoms with Gasteiger partial charge in [-0.15, -0.1) is 0 Å². The van der Waals surface area contributed by atoms with Gasteiger partial charge in [0.25, 0.3) is 0 Å². The lowest BCUT2D eigenvalue weighted by Crippen LogP contribution is -2.42. The number of halogens is 1. The Morgan fingerprint density at radius 3 is 2.94 bits per heavy atom. The van der Waals surface area contributed by atoms with Crippen LogP contribution in [0.15, 0.2) is 58.9 Å². The van der Waals surface area contributed by atoms with E-state index in [1.807, 2.05) is 42.5 Å². The quantitative estimate of drug-likeness (QED) is 0.606. The molecule has 0 saturated heterocycles. The lowest BCUT2D eigenvalue weighted by Gasteiger charge is -2.25. The third-order valence-corrected chi connectivity index (χ3v) is 6.52. The number of amidine groups is 1. The van der Waals surface area contributed by atoms with Gasteiger partial charge >= 0.3 is 0 Å². The number of hydrogen-bond acceptors (Lipinski definition) is 8. The highest BCUT2D eigenvalue weighted by Gasteiger charge is 2.37. The SMILES string of the molecule is COCC1NN=C2c3cc(Cl)ccc3-n3cnc(C4=NC(c5ccccc5OC)CO4)c3CN21. The van der Waals surface area contributed by atoms with E-state index in [1.54, 1.807) is 20.5 Å². The predicted octanol–water partition coefficient (Wildman–Crippen LogP) is 3.11. The molecule has 3 aromatic rings.